The van der Waals surface area contributed by atoms with Crippen molar-refractivity contribution in [3.05, 3.63) is 12.4 Å². The quantitative estimate of drug-likeness (QED) is 0.688. The Morgan fingerprint density at radius 1 is 1.71 bits per heavy atom. The van der Waals surface area contributed by atoms with Gasteiger partial charge in [0.15, 0.2) is 0 Å². The molecule has 0 spiro atoms. The third kappa shape index (κ3) is 3.76. The number of hydrogen-bond donors (Lipinski definition) is 2. The lowest BCUT2D eigenvalue weighted by Gasteiger charge is -2.10. The third-order valence-electron chi connectivity index (χ3n) is 1.76. The maximum Gasteiger partial charge on any atom is 0.0945 e. The summed E-state index contributed by atoms with van der Waals surface area (Å²) in [5.41, 5.74) is 0.906. The van der Waals surface area contributed by atoms with Crippen molar-refractivity contribution < 1.29 is 9.84 Å². The largest absolute Gasteiger partial charge is 0.389 e. The molecule has 1 aromatic heterocycles. The highest BCUT2D eigenvalue weighted by molar-refractivity contribution is 5.37. The van der Waals surface area contributed by atoms with Gasteiger partial charge in [0.05, 0.1) is 24.6 Å². The molecule has 1 heterocycles. The van der Waals surface area contributed by atoms with E-state index < -0.39 is 6.10 Å². The molecule has 0 aromatic carbocycles. The fourth-order valence-electron chi connectivity index (χ4n) is 1.06. The van der Waals surface area contributed by atoms with Gasteiger partial charge in [0.1, 0.15) is 0 Å². The normalized spacial score (nSPS) is 12.8. The Hall–Kier alpha value is -1.07. The van der Waals surface area contributed by atoms with E-state index in [1.54, 1.807) is 10.9 Å². The fraction of sp³-hybridized carbons (Fsp3) is 0.667. The second-order valence-electron chi connectivity index (χ2n) is 3.10. The first-order chi connectivity index (χ1) is 6.72. The van der Waals surface area contributed by atoms with Crippen LogP contribution in [0, 0.1) is 0 Å². The summed E-state index contributed by atoms with van der Waals surface area (Å²) in [6.45, 7) is 3.38. The molecule has 5 heteroatoms. The van der Waals surface area contributed by atoms with Gasteiger partial charge in [-0.05, 0) is 6.92 Å². The first kappa shape index (κ1) is 11.0. The minimum Gasteiger partial charge on any atom is -0.389 e. The maximum absolute atomic E-state index is 9.43. The summed E-state index contributed by atoms with van der Waals surface area (Å²) in [4.78, 5) is 0. The van der Waals surface area contributed by atoms with Gasteiger partial charge in [0.25, 0.3) is 0 Å². The van der Waals surface area contributed by atoms with E-state index >= 15 is 0 Å². The minimum absolute atomic E-state index is 0.365. The number of rotatable bonds is 6. The van der Waals surface area contributed by atoms with Gasteiger partial charge >= 0.3 is 0 Å². The second kappa shape index (κ2) is 5.62. The summed E-state index contributed by atoms with van der Waals surface area (Å²) in [5, 5.41) is 16.5. The van der Waals surface area contributed by atoms with Crippen molar-refractivity contribution >= 4 is 5.69 Å². The van der Waals surface area contributed by atoms with Gasteiger partial charge in [-0.2, -0.15) is 5.10 Å². The van der Waals surface area contributed by atoms with Gasteiger partial charge in [-0.1, -0.05) is 0 Å². The average Bonchev–Trinajstić information content (AvgIpc) is 2.58. The van der Waals surface area contributed by atoms with Crippen LogP contribution < -0.4 is 5.32 Å². The lowest BCUT2D eigenvalue weighted by molar-refractivity contribution is 0.0496. The van der Waals surface area contributed by atoms with Gasteiger partial charge in [0, 0.05) is 26.4 Å². The summed E-state index contributed by atoms with van der Waals surface area (Å²) >= 11 is 0. The zero-order valence-electron chi connectivity index (χ0n) is 8.60. The molecule has 0 aliphatic heterocycles. The van der Waals surface area contributed by atoms with Crippen LogP contribution in [-0.2, 0) is 11.8 Å². The molecule has 0 bridgehead atoms. The number of nitrogens with zero attached hydrogens (tertiary/aromatic N) is 2. The molecular weight excluding hydrogens is 182 g/mol. The molecule has 0 radical (unpaired) electrons. The van der Waals surface area contributed by atoms with E-state index in [1.165, 1.54) is 0 Å². The van der Waals surface area contributed by atoms with E-state index in [2.05, 4.69) is 10.4 Å². The predicted molar refractivity (Wildman–Crippen MR) is 54.2 cm³/mol. The predicted octanol–water partition coefficient (Wildman–Crippen LogP) is 0.229. The Balaban J connectivity index is 2.20. The first-order valence-electron chi connectivity index (χ1n) is 4.70. The molecule has 0 fully saturated rings. The van der Waals surface area contributed by atoms with Gasteiger partial charge in [-0.15, -0.1) is 0 Å². The summed E-state index contributed by atoms with van der Waals surface area (Å²) in [6.07, 6.45) is 3.09. The van der Waals surface area contributed by atoms with Crippen LogP contribution >= 0.6 is 0 Å². The van der Waals surface area contributed by atoms with Crippen LogP contribution in [-0.4, -0.2) is 40.7 Å². The molecule has 1 unspecified atom stereocenters. The first-order valence-corrected chi connectivity index (χ1v) is 4.70. The van der Waals surface area contributed by atoms with E-state index in [0.29, 0.717) is 19.8 Å². The Kier molecular flexibility index (Phi) is 4.42. The zero-order chi connectivity index (χ0) is 10.4. The number of aliphatic hydroxyl groups excluding tert-OH is 1. The number of ether oxygens (including phenoxy) is 1. The number of anilines is 1. The molecule has 0 aliphatic rings. The number of nitrogens with one attached hydrogen (secondary N) is 1. The molecule has 80 valence electrons. The van der Waals surface area contributed by atoms with Crippen molar-refractivity contribution in [2.45, 2.75) is 13.0 Å². The van der Waals surface area contributed by atoms with Gasteiger partial charge in [-0.3, -0.25) is 4.68 Å². The molecule has 0 aliphatic carbocycles. The van der Waals surface area contributed by atoms with E-state index in [1.807, 2.05) is 20.2 Å². The standard InChI is InChI=1S/C9H17N3O2/c1-3-14-7-9(13)5-10-8-4-11-12(2)6-8/h4,6,9-10,13H,3,5,7H2,1-2H3. The van der Waals surface area contributed by atoms with E-state index in [0.717, 1.165) is 5.69 Å². The Morgan fingerprint density at radius 2 is 2.50 bits per heavy atom. The summed E-state index contributed by atoms with van der Waals surface area (Å²) < 4.78 is 6.78. The topological polar surface area (TPSA) is 59.3 Å². The Morgan fingerprint density at radius 3 is 3.07 bits per heavy atom. The molecular formula is C9H17N3O2. The highest BCUT2D eigenvalue weighted by Crippen LogP contribution is 2.02. The van der Waals surface area contributed by atoms with Crippen molar-refractivity contribution in [3.63, 3.8) is 0 Å². The maximum atomic E-state index is 9.43. The van der Waals surface area contributed by atoms with E-state index in [9.17, 15) is 5.11 Å². The van der Waals surface area contributed by atoms with E-state index in [4.69, 9.17) is 4.74 Å². The number of hydrogen-bond acceptors (Lipinski definition) is 4. The van der Waals surface area contributed by atoms with Crippen LogP contribution in [0.5, 0.6) is 0 Å². The highest BCUT2D eigenvalue weighted by atomic mass is 16.5. The molecule has 0 saturated heterocycles. The monoisotopic (exact) mass is 199 g/mol. The van der Waals surface area contributed by atoms with Crippen LogP contribution in [0.25, 0.3) is 0 Å². The molecule has 1 aromatic rings. The van der Waals surface area contributed by atoms with Gasteiger partial charge < -0.3 is 15.2 Å². The summed E-state index contributed by atoms with van der Waals surface area (Å²) in [7, 11) is 1.85. The molecule has 0 saturated carbocycles. The number of aromatic nitrogens is 2. The van der Waals surface area contributed by atoms with Gasteiger partial charge in [-0.25, -0.2) is 0 Å². The van der Waals surface area contributed by atoms with Crippen molar-refractivity contribution in [2.75, 3.05) is 25.1 Å². The van der Waals surface area contributed by atoms with Crippen molar-refractivity contribution in [1.82, 2.24) is 9.78 Å². The molecule has 5 nitrogen and oxygen atoms in total. The smallest absolute Gasteiger partial charge is 0.0945 e. The van der Waals surface area contributed by atoms with Crippen molar-refractivity contribution in [1.29, 1.82) is 0 Å². The van der Waals surface area contributed by atoms with Crippen LogP contribution in [0.15, 0.2) is 12.4 Å². The summed E-state index contributed by atoms with van der Waals surface area (Å²) in [5.74, 6) is 0. The van der Waals surface area contributed by atoms with Crippen LogP contribution in [0.3, 0.4) is 0 Å². The second-order valence-corrected chi connectivity index (χ2v) is 3.10. The lowest BCUT2D eigenvalue weighted by Crippen LogP contribution is -2.24. The van der Waals surface area contributed by atoms with Crippen LogP contribution in [0.2, 0.25) is 0 Å². The van der Waals surface area contributed by atoms with Crippen LogP contribution in [0.1, 0.15) is 6.92 Å². The molecule has 14 heavy (non-hydrogen) atoms. The number of aliphatic hydroxyl groups is 1. The lowest BCUT2D eigenvalue weighted by atomic mass is 10.3. The fourth-order valence-corrected chi connectivity index (χ4v) is 1.06. The van der Waals surface area contributed by atoms with E-state index in [-0.39, 0.29) is 0 Å². The van der Waals surface area contributed by atoms with Crippen molar-refractivity contribution in [3.8, 4) is 0 Å². The average molecular weight is 199 g/mol. The third-order valence-corrected chi connectivity index (χ3v) is 1.76. The Labute approximate surface area is 83.7 Å². The van der Waals surface area contributed by atoms with Crippen LogP contribution in [0.4, 0.5) is 5.69 Å². The zero-order valence-corrected chi connectivity index (χ0v) is 8.60. The molecule has 0 amide bonds. The summed E-state index contributed by atoms with van der Waals surface area (Å²) in [6, 6.07) is 0. The molecule has 1 atom stereocenters. The number of aryl methyl sites for hydroxylation is 1. The highest BCUT2D eigenvalue weighted by Gasteiger charge is 2.03. The minimum atomic E-state index is -0.477. The van der Waals surface area contributed by atoms with Gasteiger partial charge in [0.2, 0.25) is 0 Å². The molecule has 1 rings (SSSR count). The molecule has 2 N–H and O–H groups in total. The Bertz CT molecular complexity index is 262. The van der Waals surface area contributed by atoms with Crippen molar-refractivity contribution in [2.24, 2.45) is 7.05 Å². The SMILES string of the molecule is CCOCC(O)CNc1cnn(C)c1.